The van der Waals surface area contributed by atoms with Crippen molar-refractivity contribution in [1.29, 1.82) is 0 Å². The molecule has 0 aliphatic carbocycles. The number of rotatable bonds is 3. The summed E-state index contributed by atoms with van der Waals surface area (Å²) < 4.78 is 31.0. The van der Waals surface area contributed by atoms with Crippen LogP contribution in [-0.4, -0.2) is 42.3 Å². The quantitative estimate of drug-likeness (QED) is 0.775. The van der Waals surface area contributed by atoms with Gasteiger partial charge < -0.3 is 0 Å². The highest BCUT2D eigenvalue weighted by Crippen LogP contribution is 2.23. The lowest BCUT2D eigenvalue weighted by Crippen LogP contribution is -2.33. The molecule has 1 aromatic rings. The molecular weight excluding hydrogens is 258 g/mol. The Kier molecular flexibility index (Phi) is 3.58. The summed E-state index contributed by atoms with van der Waals surface area (Å²) in [4.78, 5) is 11.6. The molecule has 2 rings (SSSR count). The largest absolute Gasteiger partial charge is 0.441 e. The SMILES string of the molecule is CN(C)S(=O)(=O)CC1CCCCc2noc(=O)n21. The maximum absolute atomic E-state index is 11.9. The molecular formula is C10H17N3O4S. The first-order valence-corrected chi connectivity index (χ1v) is 7.50. The Labute approximate surface area is 105 Å². The van der Waals surface area contributed by atoms with Crippen LogP contribution in [0.3, 0.4) is 0 Å². The summed E-state index contributed by atoms with van der Waals surface area (Å²) in [5, 5.41) is 3.71. The van der Waals surface area contributed by atoms with Crippen LogP contribution in [0.25, 0.3) is 0 Å². The molecule has 1 unspecified atom stereocenters. The van der Waals surface area contributed by atoms with E-state index in [2.05, 4.69) is 9.68 Å². The Morgan fingerprint density at radius 2 is 2.17 bits per heavy atom. The average Bonchev–Trinajstić information content (AvgIpc) is 2.53. The molecule has 18 heavy (non-hydrogen) atoms. The van der Waals surface area contributed by atoms with E-state index in [1.807, 2.05) is 0 Å². The van der Waals surface area contributed by atoms with E-state index in [4.69, 9.17) is 0 Å². The summed E-state index contributed by atoms with van der Waals surface area (Å²) in [7, 11) is -0.368. The van der Waals surface area contributed by atoms with E-state index in [1.54, 1.807) is 0 Å². The van der Waals surface area contributed by atoms with Gasteiger partial charge in [0.1, 0.15) is 0 Å². The molecule has 0 saturated carbocycles. The fourth-order valence-electron chi connectivity index (χ4n) is 2.15. The van der Waals surface area contributed by atoms with Gasteiger partial charge in [-0.15, -0.1) is 0 Å². The second kappa shape index (κ2) is 4.85. The van der Waals surface area contributed by atoms with Crippen molar-refractivity contribution >= 4 is 10.0 Å². The highest BCUT2D eigenvalue weighted by Gasteiger charge is 2.28. The molecule has 0 aromatic carbocycles. The molecule has 0 radical (unpaired) electrons. The molecule has 7 nitrogen and oxygen atoms in total. The minimum atomic E-state index is -3.35. The predicted octanol–water partition coefficient (Wildman–Crippen LogP) is -0.00480. The van der Waals surface area contributed by atoms with Gasteiger partial charge >= 0.3 is 5.76 Å². The summed E-state index contributed by atoms with van der Waals surface area (Å²) in [6.07, 6.45) is 3.09. The summed E-state index contributed by atoms with van der Waals surface area (Å²) in [6, 6.07) is -0.381. The zero-order chi connectivity index (χ0) is 13.3. The van der Waals surface area contributed by atoms with Crippen molar-refractivity contribution in [3.8, 4) is 0 Å². The monoisotopic (exact) mass is 275 g/mol. The van der Waals surface area contributed by atoms with Crippen molar-refractivity contribution in [2.45, 2.75) is 31.7 Å². The van der Waals surface area contributed by atoms with E-state index in [-0.39, 0.29) is 11.8 Å². The summed E-state index contributed by atoms with van der Waals surface area (Å²) in [5.74, 6) is -0.101. The van der Waals surface area contributed by atoms with Crippen LogP contribution in [0.2, 0.25) is 0 Å². The third kappa shape index (κ3) is 2.49. The van der Waals surface area contributed by atoms with Crippen LogP contribution < -0.4 is 5.76 Å². The number of fused-ring (bicyclic) bond motifs is 1. The lowest BCUT2D eigenvalue weighted by Gasteiger charge is -2.18. The second-order valence-corrected chi connectivity index (χ2v) is 6.92. The molecule has 0 N–H and O–H groups in total. The van der Waals surface area contributed by atoms with Gasteiger partial charge in [0.15, 0.2) is 5.82 Å². The normalized spacial score (nSPS) is 20.7. The van der Waals surface area contributed by atoms with E-state index in [9.17, 15) is 13.2 Å². The number of nitrogens with zero attached hydrogens (tertiary/aromatic N) is 3. The average molecular weight is 275 g/mol. The number of aromatic nitrogens is 2. The highest BCUT2D eigenvalue weighted by molar-refractivity contribution is 7.89. The minimum absolute atomic E-state index is 0.0892. The first-order valence-electron chi connectivity index (χ1n) is 5.89. The summed E-state index contributed by atoms with van der Waals surface area (Å²) in [5.41, 5.74) is 0. The van der Waals surface area contributed by atoms with Gasteiger partial charge in [0.05, 0.1) is 11.8 Å². The molecule has 8 heteroatoms. The number of hydrogen-bond donors (Lipinski definition) is 0. The molecule has 0 bridgehead atoms. The Bertz CT molecular complexity index is 572. The molecule has 0 fully saturated rings. The van der Waals surface area contributed by atoms with Crippen molar-refractivity contribution in [3.63, 3.8) is 0 Å². The molecule has 2 heterocycles. The lowest BCUT2D eigenvalue weighted by atomic mass is 10.1. The molecule has 1 aliphatic heterocycles. The smallest absolute Gasteiger partial charge is 0.296 e. The molecule has 1 atom stereocenters. The first kappa shape index (κ1) is 13.3. The summed E-state index contributed by atoms with van der Waals surface area (Å²) in [6.45, 7) is 0. The fraction of sp³-hybridized carbons (Fsp3) is 0.800. The van der Waals surface area contributed by atoms with Crippen LogP contribution in [0.4, 0.5) is 0 Å². The van der Waals surface area contributed by atoms with Gasteiger partial charge in [-0.3, -0.25) is 9.09 Å². The zero-order valence-electron chi connectivity index (χ0n) is 10.5. The number of sulfonamides is 1. The van der Waals surface area contributed by atoms with Crippen molar-refractivity contribution in [1.82, 2.24) is 14.0 Å². The third-order valence-electron chi connectivity index (χ3n) is 3.22. The first-order chi connectivity index (χ1) is 8.42. The van der Waals surface area contributed by atoms with Crippen LogP contribution in [0.15, 0.2) is 9.32 Å². The Balaban J connectivity index is 2.34. The molecule has 102 valence electrons. The van der Waals surface area contributed by atoms with Crippen LogP contribution in [0.1, 0.15) is 31.1 Å². The van der Waals surface area contributed by atoms with Gasteiger partial charge in [0, 0.05) is 20.5 Å². The van der Waals surface area contributed by atoms with Gasteiger partial charge in [0.2, 0.25) is 10.0 Å². The van der Waals surface area contributed by atoms with Crippen LogP contribution in [-0.2, 0) is 16.4 Å². The molecule has 0 spiro atoms. The van der Waals surface area contributed by atoms with Gasteiger partial charge in [-0.05, 0) is 12.8 Å². The molecule has 1 aromatic heterocycles. The van der Waals surface area contributed by atoms with Gasteiger partial charge in [-0.1, -0.05) is 11.6 Å². The Morgan fingerprint density at radius 3 is 2.83 bits per heavy atom. The number of aryl methyl sites for hydroxylation is 1. The van der Waals surface area contributed by atoms with Gasteiger partial charge in [0.25, 0.3) is 0 Å². The van der Waals surface area contributed by atoms with Crippen molar-refractivity contribution in [3.05, 3.63) is 16.4 Å². The van der Waals surface area contributed by atoms with E-state index in [0.717, 1.165) is 12.8 Å². The zero-order valence-corrected chi connectivity index (χ0v) is 11.3. The van der Waals surface area contributed by atoms with E-state index < -0.39 is 15.8 Å². The van der Waals surface area contributed by atoms with Gasteiger partial charge in [-0.25, -0.2) is 17.5 Å². The van der Waals surface area contributed by atoms with E-state index in [0.29, 0.717) is 18.7 Å². The Morgan fingerprint density at radius 1 is 1.44 bits per heavy atom. The van der Waals surface area contributed by atoms with Crippen LogP contribution >= 0.6 is 0 Å². The van der Waals surface area contributed by atoms with Crippen LogP contribution in [0, 0.1) is 0 Å². The van der Waals surface area contributed by atoms with Crippen molar-refractivity contribution < 1.29 is 12.9 Å². The van der Waals surface area contributed by atoms with Crippen LogP contribution in [0.5, 0.6) is 0 Å². The topological polar surface area (TPSA) is 85.4 Å². The van der Waals surface area contributed by atoms with Gasteiger partial charge in [-0.2, -0.15) is 0 Å². The second-order valence-electron chi connectivity index (χ2n) is 4.70. The van der Waals surface area contributed by atoms with Crippen molar-refractivity contribution in [2.24, 2.45) is 0 Å². The van der Waals surface area contributed by atoms with E-state index >= 15 is 0 Å². The lowest BCUT2D eigenvalue weighted by molar-refractivity contribution is 0.358. The van der Waals surface area contributed by atoms with Crippen molar-refractivity contribution in [2.75, 3.05) is 19.8 Å². The molecule has 0 saturated heterocycles. The minimum Gasteiger partial charge on any atom is -0.296 e. The van der Waals surface area contributed by atoms with E-state index in [1.165, 1.54) is 23.0 Å². The predicted molar refractivity (Wildman–Crippen MR) is 64.8 cm³/mol. The Hall–Kier alpha value is -1.15. The highest BCUT2D eigenvalue weighted by atomic mass is 32.2. The maximum atomic E-state index is 11.9. The third-order valence-corrected chi connectivity index (χ3v) is 5.13. The standard InChI is InChI=1S/C10H17N3O4S/c1-12(2)18(15,16)7-8-5-3-4-6-9-11-17-10(14)13(8)9/h8H,3-7H2,1-2H3. The molecule has 0 amide bonds. The maximum Gasteiger partial charge on any atom is 0.441 e. The fourth-order valence-corrected chi connectivity index (χ4v) is 3.25. The molecule has 1 aliphatic rings. The number of hydrogen-bond acceptors (Lipinski definition) is 5. The summed E-state index contributed by atoms with van der Waals surface area (Å²) >= 11 is 0.